The minimum Gasteiger partial charge on any atom is -0.392 e. The van der Waals surface area contributed by atoms with Gasteiger partial charge in [0.15, 0.2) is 0 Å². The number of amides is 1. The van der Waals surface area contributed by atoms with Crippen molar-refractivity contribution in [3.05, 3.63) is 11.8 Å². The number of carbonyl (C=O) groups is 1. The predicted molar refractivity (Wildman–Crippen MR) is 61.2 cm³/mol. The lowest BCUT2D eigenvalue weighted by Gasteiger charge is -2.07. The molecule has 0 fully saturated rings. The molecule has 0 rings (SSSR count). The van der Waals surface area contributed by atoms with Crippen LogP contribution in [0.4, 0.5) is 0 Å². The summed E-state index contributed by atoms with van der Waals surface area (Å²) in [6, 6.07) is 1.80. The molecule has 3 N–H and O–H groups in total. The van der Waals surface area contributed by atoms with Crippen molar-refractivity contribution in [3.63, 3.8) is 0 Å². The summed E-state index contributed by atoms with van der Waals surface area (Å²) in [6.45, 7) is 6.41. The fraction of sp³-hybridized carbons (Fsp3) is 0.636. The minimum atomic E-state index is -0.519. The summed E-state index contributed by atoms with van der Waals surface area (Å²) in [5.74, 6) is -0.0522. The molecule has 5 heteroatoms. The number of carbonyl (C=O) groups excluding carboxylic acids is 1. The molecule has 1 unspecified atom stereocenters. The summed E-state index contributed by atoms with van der Waals surface area (Å²) in [7, 11) is 0. The van der Waals surface area contributed by atoms with Crippen molar-refractivity contribution in [2.45, 2.75) is 26.9 Å². The van der Waals surface area contributed by atoms with Crippen molar-refractivity contribution >= 4 is 5.91 Å². The molecule has 16 heavy (non-hydrogen) atoms. The van der Waals surface area contributed by atoms with Gasteiger partial charge in [-0.25, -0.2) is 0 Å². The van der Waals surface area contributed by atoms with Gasteiger partial charge < -0.3 is 15.7 Å². The number of nitrogens with one attached hydrogen (secondary N) is 2. The number of nitriles is 1. The van der Waals surface area contributed by atoms with Gasteiger partial charge in [0, 0.05) is 19.3 Å². The topological polar surface area (TPSA) is 85.2 Å². The summed E-state index contributed by atoms with van der Waals surface area (Å²) < 4.78 is 0. The molecule has 0 aliphatic heterocycles. The molecule has 5 nitrogen and oxygen atoms in total. The molecule has 0 radical (unpaired) electrons. The van der Waals surface area contributed by atoms with Crippen LogP contribution in [-0.2, 0) is 4.79 Å². The van der Waals surface area contributed by atoms with Crippen LogP contribution in [0.2, 0.25) is 0 Å². The molecule has 0 saturated heterocycles. The Labute approximate surface area is 96.1 Å². The highest BCUT2D eigenvalue weighted by Gasteiger charge is 2.08. The Morgan fingerprint density at radius 2 is 2.06 bits per heavy atom. The number of hydrogen-bond acceptors (Lipinski definition) is 4. The Hall–Kier alpha value is -1.54. The molecule has 0 aromatic rings. The van der Waals surface area contributed by atoms with E-state index >= 15 is 0 Å². The number of rotatable bonds is 6. The normalized spacial score (nSPS) is 13.1. The lowest BCUT2D eigenvalue weighted by molar-refractivity contribution is -0.117. The number of hydrogen-bond donors (Lipinski definition) is 3. The fourth-order valence-corrected chi connectivity index (χ4v) is 0.872. The molecule has 0 saturated carbocycles. The van der Waals surface area contributed by atoms with E-state index in [0.717, 1.165) is 0 Å². The van der Waals surface area contributed by atoms with Crippen LogP contribution in [0.5, 0.6) is 0 Å². The Kier molecular flexibility index (Phi) is 6.97. The van der Waals surface area contributed by atoms with E-state index < -0.39 is 12.0 Å². The molecule has 1 amide bonds. The highest BCUT2D eigenvalue weighted by Crippen LogP contribution is 1.93. The average molecular weight is 225 g/mol. The van der Waals surface area contributed by atoms with E-state index in [-0.39, 0.29) is 5.57 Å². The van der Waals surface area contributed by atoms with Crippen LogP contribution in [0.15, 0.2) is 11.8 Å². The second kappa shape index (κ2) is 7.71. The quantitative estimate of drug-likeness (QED) is 0.443. The van der Waals surface area contributed by atoms with Crippen LogP contribution in [-0.4, -0.2) is 30.2 Å². The Balaban J connectivity index is 4.17. The van der Waals surface area contributed by atoms with Crippen molar-refractivity contribution in [1.82, 2.24) is 10.6 Å². The van der Waals surface area contributed by atoms with Gasteiger partial charge in [-0.3, -0.25) is 4.79 Å². The van der Waals surface area contributed by atoms with Gasteiger partial charge in [-0.2, -0.15) is 5.26 Å². The van der Waals surface area contributed by atoms with E-state index in [4.69, 9.17) is 10.4 Å². The maximum atomic E-state index is 11.5. The van der Waals surface area contributed by atoms with Gasteiger partial charge in [0.1, 0.15) is 11.6 Å². The van der Waals surface area contributed by atoms with E-state index in [1.54, 1.807) is 13.0 Å². The first-order chi connectivity index (χ1) is 7.47. The molecule has 90 valence electrons. The van der Waals surface area contributed by atoms with Crippen molar-refractivity contribution in [2.75, 3.05) is 13.1 Å². The van der Waals surface area contributed by atoms with Crippen LogP contribution in [0, 0.1) is 17.2 Å². The van der Waals surface area contributed by atoms with Gasteiger partial charge in [-0.15, -0.1) is 0 Å². The van der Waals surface area contributed by atoms with Crippen molar-refractivity contribution in [3.8, 4) is 6.07 Å². The smallest absolute Gasteiger partial charge is 0.263 e. The van der Waals surface area contributed by atoms with E-state index in [0.29, 0.717) is 19.0 Å². The Bertz CT molecular complexity index is 290. The zero-order chi connectivity index (χ0) is 12.6. The molecule has 0 bridgehead atoms. The standard InChI is InChI=1S/C11H19N3O2/c1-8(2)5-14-11(16)10(4-12)7-13-6-9(3)15/h7-9,13,15H,5-6H2,1-3H3,(H,14,16)/b10-7-. The highest BCUT2D eigenvalue weighted by atomic mass is 16.3. The summed E-state index contributed by atoms with van der Waals surface area (Å²) >= 11 is 0. The van der Waals surface area contributed by atoms with E-state index in [9.17, 15) is 4.79 Å². The maximum absolute atomic E-state index is 11.5. The van der Waals surface area contributed by atoms with E-state index in [1.807, 2.05) is 13.8 Å². The lowest BCUT2D eigenvalue weighted by atomic mass is 10.2. The lowest BCUT2D eigenvalue weighted by Crippen LogP contribution is -2.29. The van der Waals surface area contributed by atoms with Crippen LogP contribution in [0.3, 0.4) is 0 Å². The van der Waals surface area contributed by atoms with E-state index in [2.05, 4.69) is 10.6 Å². The van der Waals surface area contributed by atoms with Crippen LogP contribution in [0.25, 0.3) is 0 Å². The number of aliphatic hydroxyl groups is 1. The zero-order valence-electron chi connectivity index (χ0n) is 9.95. The summed E-state index contributed by atoms with van der Waals surface area (Å²) in [5, 5.41) is 23.1. The Morgan fingerprint density at radius 1 is 1.44 bits per heavy atom. The zero-order valence-corrected chi connectivity index (χ0v) is 9.95. The molecule has 0 aliphatic carbocycles. The Morgan fingerprint density at radius 3 is 2.50 bits per heavy atom. The number of aliphatic hydroxyl groups excluding tert-OH is 1. The third-order valence-corrected chi connectivity index (χ3v) is 1.70. The van der Waals surface area contributed by atoms with Crippen LogP contribution >= 0.6 is 0 Å². The van der Waals surface area contributed by atoms with Crippen molar-refractivity contribution in [2.24, 2.45) is 5.92 Å². The van der Waals surface area contributed by atoms with Gasteiger partial charge in [0.25, 0.3) is 5.91 Å². The molecule has 0 aliphatic rings. The number of nitrogens with zero attached hydrogens (tertiary/aromatic N) is 1. The largest absolute Gasteiger partial charge is 0.392 e. The first-order valence-electron chi connectivity index (χ1n) is 5.27. The molecule has 0 heterocycles. The summed E-state index contributed by atoms with van der Waals surface area (Å²) in [5.41, 5.74) is 0.0151. The van der Waals surface area contributed by atoms with Gasteiger partial charge in [-0.05, 0) is 12.8 Å². The third kappa shape index (κ3) is 6.85. The first-order valence-corrected chi connectivity index (χ1v) is 5.27. The van der Waals surface area contributed by atoms with Crippen LogP contribution < -0.4 is 10.6 Å². The molecular weight excluding hydrogens is 206 g/mol. The molecule has 0 aromatic carbocycles. The van der Waals surface area contributed by atoms with Gasteiger partial charge in [-0.1, -0.05) is 13.8 Å². The molecule has 1 atom stereocenters. The third-order valence-electron chi connectivity index (χ3n) is 1.70. The molecular formula is C11H19N3O2. The monoisotopic (exact) mass is 225 g/mol. The summed E-state index contributed by atoms with van der Waals surface area (Å²) in [6.07, 6.45) is 0.803. The predicted octanol–water partition coefficient (Wildman–Crippen LogP) is 0.136. The average Bonchev–Trinajstić information content (AvgIpc) is 2.20. The molecule has 0 aromatic heterocycles. The van der Waals surface area contributed by atoms with Crippen molar-refractivity contribution in [1.29, 1.82) is 5.26 Å². The molecule has 0 spiro atoms. The fourth-order valence-electron chi connectivity index (χ4n) is 0.872. The summed E-state index contributed by atoms with van der Waals surface area (Å²) in [4.78, 5) is 11.5. The van der Waals surface area contributed by atoms with Gasteiger partial charge in [0.2, 0.25) is 0 Å². The maximum Gasteiger partial charge on any atom is 0.263 e. The minimum absolute atomic E-state index is 0.0151. The highest BCUT2D eigenvalue weighted by molar-refractivity contribution is 5.97. The second-order valence-electron chi connectivity index (χ2n) is 4.03. The van der Waals surface area contributed by atoms with Crippen LogP contribution in [0.1, 0.15) is 20.8 Å². The first kappa shape index (κ1) is 14.5. The SMILES string of the molecule is CC(C)CNC(=O)/C(C#N)=C\NCC(C)O. The van der Waals surface area contributed by atoms with Gasteiger partial charge >= 0.3 is 0 Å². The van der Waals surface area contributed by atoms with E-state index in [1.165, 1.54) is 6.20 Å². The van der Waals surface area contributed by atoms with Gasteiger partial charge in [0.05, 0.1) is 6.10 Å². The van der Waals surface area contributed by atoms with Crippen molar-refractivity contribution < 1.29 is 9.90 Å². The second-order valence-corrected chi connectivity index (χ2v) is 4.03.